The summed E-state index contributed by atoms with van der Waals surface area (Å²) in [7, 11) is 0. The van der Waals surface area contributed by atoms with E-state index >= 15 is 0 Å². The van der Waals surface area contributed by atoms with E-state index in [1.54, 1.807) is 0 Å². The van der Waals surface area contributed by atoms with Gasteiger partial charge in [0.25, 0.3) is 0 Å². The van der Waals surface area contributed by atoms with Crippen molar-refractivity contribution in [1.82, 2.24) is 0 Å². The normalized spacial score (nSPS) is 25.9. The van der Waals surface area contributed by atoms with Crippen molar-refractivity contribution >= 4 is 0 Å². The molecule has 0 aromatic carbocycles. The van der Waals surface area contributed by atoms with Crippen LogP contribution in [-0.4, -0.2) is 0 Å². The molecule has 2 saturated carbocycles. The molecular formula is C21H32Ti. The zero-order valence-electron chi connectivity index (χ0n) is 16.2. The average Bonchev–Trinajstić information content (AvgIpc) is 2.71. The summed E-state index contributed by atoms with van der Waals surface area (Å²) in [5, 5.41) is 0. The van der Waals surface area contributed by atoms with Gasteiger partial charge in [0.1, 0.15) is 0 Å². The molecule has 0 N–H and O–H groups in total. The van der Waals surface area contributed by atoms with Crippen molar-refractivity contribution in [2.45, 2.75) is 62.3 Å². The van der Waals surface area contributed by atoms with Crippen LogP contribution in [0, 0.1) is 73.5 Å². The maximum atomic E-state index is 4.00. The van der Waals surface area contributed by atoms with Gasteiger partial charge >= 0.3 is 21.7 Å². The van der Waals surface area contributed by atoms with E-state index in [1.165, 1.54) is 59.2 Å². The van der Waals surface area contributed by atoms with Gasteiger partial charge in [-0.25, -0.2) is 0 Å². The Labute approximate surface area is 157 Å². The van der Waals surface area contributed by atoms with Crippen LogP contribution in [0.1, 0.15) is 62.3 Å². The van der Waals surface area contributed by atoms with Gasteiger partial charge < -0.3 is 14.4 Å². The molecule has 1 heteroatoms. The Morgan fingerprint density at radius 2 is 0.545 bits per heavy atom. The van der Waals surface area contributed by atoms with Crippen molar-refractivity contribution in [3.05, 3.63) is 73.5 Å². The van der Waals surface area contributed by atoms with E-state index in [9.17, 15) is 0 Å². The van der Waals surface area contributed by atoms with Gasteiger partial charge in [-0.05, 0) is 53.3 Å². The fourth-order valence-electron chi connectivity index (χ4n) is 2.70. The maximum Gasteiger partial charge on any atom is 2.00 e. The predicted octanol–water partition coefficient (Wildman–Crippen LogP) is 6.21. The average molecular weight is 332 g/mol. The predicted molar refractivity (Wildman–Crippen MR) is 95.3 cm³/mol. The summed E-state index contributed by atoms with van der Waals surface area (Å²) in [6.45, 7) is 23.6. The minimum Gasteiger partial charge on any atom is -0.358 e. The zero-order valence-corrected chi connectivity index (χ0v) is 17.8. The van der Waals surface area contributed by atoms with E-state index in [1.807, 2.05) is 0 Å². The van der Waals surface area contributed by atoms with Crippen molar-refractivity contribution in [3.8, 4) is 0 Å². The molecule has 0 amide bonds. The standard InChI is InChI=1S/C10H15.C10H14.CH3.Ti/c2*1-6-7(2)9(4)10(5)8(6)3;;/h1-5H3;1H2,2-5H3;1H3;/q;2*-1;+2. The summed E-state index contributed by atoms with van der Waals surface area (Å²) >= 11 is 0. The van der Waals surface area contributed by atoms with Gasteiger partial charge in [-0.1, -0.05) is 62.3 Å². The number of hydrogen-bond donors (Lipinski definition) is 0. The van der Waals surface area contributed by atoms with Gasteiger partial charge in [-0.15, -0.1) is 0 Å². The Bertz CT molecular complexity index is 181. The van der Waals surface area contributed by atoms with Crippen LogP contribution in [0.2, 0.25) is 0 Å². The maximum absolute atomic E-state index is 4.00. The molecule has 0 aromatic rings. The van der Waals surface area contributed by atoms with E-state index in [4.69, 9.17) is 0 Å². The summed E-state index contributed by atoms with van der Waals surface area (Å²) in [6.07, 6.45) is 0. The molecule has 22 heavy (non-hydrogen) atoms. The molecule has 0 unspecified atom stereocenters. The number of hydrogen-bond acceptors (Lipinski definition) is 0. The fraction of sp³-hybridized carbons (Fsp3) is 0.429. The molecule has 0 bridgehead atoms. The SMILES string of the molecule is C[C]1[C](C)[C](C)[C](C)[C]1C.[CH2-][C]1[C](C)[C](C)[C](C)[C]1C.[CH3-].[Ti+2]. The molecule has 10 radical (unpaired) electrons. The molecule has 120 valence electrons. The van der Waals surface area contributed by atoms with Crippen molar-refractivity contribution in [2.75, 3.05) is 0 Å². The summed E-state index contributed by atoms with van der Waals surface area (Å²) < 4.78 is 0. The molecule has 0 saturated heterocycles. The smallest absolute Gasteiger partial charge is 0.358 e. The molecule has 0 aromatic heterocycles. The van der Waals surface area contributed by atoms with Crippen molar-refractivity contribution in [3.63, 3.8) is 0 Å². The largest absolute Gasteiger partial charge is 2.00 e. The topological polar surface area (TPSA) is 0 Å². The Hall–Kier alpha value is 0.714. The molecule has 2 rings (SSSR count). The second kappa shape index (κ2) is 9.88. The van der Waals surface area contributed by atoms with Crippen molar-refractivity contribution in [2.24, 2.45) is 0 Å². The summed E-state index contributed by atoms with van der Waals surface area (Å²) in [5.74, 6) is 14.1. The minimum absolute atomic E-state index is 0. The van der Waals surface area contributed by atoms with Gasteiger partial charge in [0.05, 0.1) is 0 Å². The summed E-state index contributed by atoms with van der Waals surface area (Å²) in [6, 6.07) is 0. The molecule has 2 aliphatic carbocycles. The molecule has 2 fully saturated rings. The first-order valence-electron chi connectivity index (χ1n) is 7.35. The third-order valence-corrected chi connectivity index (χ3v) is 5.41. The van der Waals surface area contributed by atoms with Crippen LogP contribution in [0.5, 0.6) is 0 Å². The summed E-state index contributed by atoms with van der Waals surface area (Å²) in [5.41, 5.74) is 0. The van der Waals surface area contributed by atoms with E-state index in [0.29, 0.717) is 0 Å². The van der Waals surface area contributed by atoms with Gasteiger partial charge in [0, 0.05) is 0 Å². The molecule has 0 spiro atoms. The van der Waals surface area contributed by atoms with E-state index < -0.39 is 0 Å². The van der Waals surface area contributed by atoms with Crippen molar-refractivity contribution < 1.29 is 21.7 Å². The van der Waals surface area contributed by atoms with Crippen LogP contribution < -0.4 is 0 Å². The molecule has 2 aliphatic rings. The third kappa shape index (κ3) is 4.86. The first-order chi connectivity index (χ1) is 9.11. The molecule has 0 heterocycles. The van der Waals surface area contributed by atoms with Crippen LogP contribution >= 0.6 is 0 Å². The van der Waals surface area contributed by atoms with Gasteiger partial charge in [-0.2, -0.15) is 5.92 Å². The van der Waals surface area contributed by atoms with Gasteiger partial charge in [-0.3, -0.25) is 0 Å². The minimum atomic E-state index is 0. The van der Waals surface area contributed by atoms with Crippen molar-refractivity contribution in [1.29, 1.82) is 0 Å². The van der Waals surface area contributed by atoms with E-state index in [-0.39, 0.29) is 29.1 Å². The van der Waals surface area contributed by atoms with E-state index in [2.05, 4.69) is 69.2 Å². The second-order valence-corrected chi connectivity index (χ2v) is 6.10. The zero-order chi connectivity index (χ0) is 15.8. The second-order valence-electron chi connectivity index (χ2n) is 6.10. The monoisotopic (exact) mass is 332 g/mol. The van der Waals surface area contributed by atoms with Crippen LogP contribution in [-0.2, 0) is 21.7 Å². The first kappa shape index (κ1) is 25.0. The summed E-state index contributed by atoms with van der Waals surface area (Å²) in [4.78, 5) is 0. The van der Waals surface area contributed by atoms with Crippen LogP contribution in [0.3, 0.4) is 0 Å². The van der Waals surface area contributed by atoms with E-state index in [0.717, 1.165) is 0 Å². The Morgan fingerprint density at radius 1 is 0.409 bits per heavy atom. The Kier molecular flexibility index (Phi) is 11.2. The van der Waals surface area contributed by atoms with Gasteiger partial charge in [0.15, 0.2) is 0 Å². The van der Waals surface area contributed by atoms with Crippen LogP contribution in [0.4, 0.5) is 0 Å². The van der Waals surface area contributed by atoms with Crippen LogP contribution in [0.25, 0.3) is 0 Å². The molecular weight excluding hydrogens is 300 g/mol. The quantitative estimate of drug-likeness (QED) is 0.366. The number of rotatable bonds is 0. The molecule has 0 aliphatic heterocycles. The third-order valence-electron chi connectivity index (χ3n) is 5.41. The van der Waals surface area contributed by atoms with Crippen LogP contribution in [0.15, 0.2) is 0 Å². The molecule has 0 nitrogen and oxygen atoms in total. The molecule has 0 atom stereocenters. The van der Waals surface area contributed by atoms with Gasteiger partial charge in [0.2, 0.25) is 0 Å². The fourth-order valence-corrected chi connectivity index (χ4v) is 2.70. The Balaban J connectivity index is 0. The first-order valence-corrected chi connectivity index (χ1v) is 7.35. The Morgan fingerprint density at radius 3 is 0.636 bits per heavy atom.